The summed E-state index contributed by atoms with van der Waals surface area (Å²) in [6, 6.07) is 10.5. The Balaban J connectivity index is 2.46. The summed E-state index contributed by atoms with van der Waals surface area (Å²) in [6.45, 7) is 4.51. The lowest BCUT2D eigenvalue weighted by atomic mass is 9.97. The molecule has 0 spiro atoms. The molecule has 0 aliphatic rings. The van der Waals surface area contributed by atoms with Crippen molar-refractivity contribution in [2.75, 3.05) is 0 Å². The average molecular weight is 216 g/mol. The van der Waals surface area contributed by atoms with Gasteiger partial charge in [0.05, 0.1) is 0 Å². The van der Waals surface area contributed by atoms with Crippen molar-refractivity contribution in [3.63, 3.8) is 0 Å². The summed E-state index contributed by atoms with van der Waals surface area (Å²) in [5.41, 5.74) is 3.01. The Morgan fingerprint density at radius 1 is 0.750 bits per heavy atom. The maximum Gasteiger partial charge on any atom is -0.00959 e. The molecule has 0 saturated carbocycles. The molecule has 0 N–H and O–H groups in total. The lowest BCUT2D eigenvalue weighted by Gasteiger charge is -2.08. The van der Waals surface area contributed by atoms with E-state index >= 15 is 0 Å². The number of aryl methyl sites for hydroxylation is 2. The monoisotopic (exact) mass is 216 g/mol. The SMILES string of the molecule is CCCCCc1c[c][c]cc1CCCCC. The lowest BCUT2D eigenvalue weighted by Crippen LogP contribution is -1.95. The third-order valence-electron chi connectivity index (χ3n) is 3.09. The van der Waals surface area contributed by atoms with E-state index in [1.54, 1.807) is 0 Å². The smallest absolute Gasteiger partial charge is 0.00959 e. The van der Waals surface area contributed by atoms with Crippen LogP contribution in [0.2, 0.25) is 0 Å². The molecule has 0 heterocycles. The Bertz CT molecular complexity index is 246. The maximum atomic E-state index is 3.09. The highest BCUT2D eigenvalue weighted by atomic mass is 14.1. The average Bonchev–Trinajstić information content (AvgIpc) is 2.32. The van der Waals surface area contributed by atoms with E-state index in [4.69, 9.17) is 0 Å². The van der Waals surface area contributed by atoms with Gasteiger partial charge in [0.1, 0.15) is 0 Å². The van der Waals surface area contributed by atoms with E-state index in [2.05, 4.69) is 38.1 Å². The zero-order valence-electron chi connectivity index (χ0n) is 10.8. The number of hydrogen-bond donors (Lipinski definition) is 0. The second-order valence-corrected chi connectivity index (χ2v) is 4.54. The van der Waals surface area contributed by atoms with Gasteiger partial charge in [0.15, 0.2) is 0 Å². The van der Waals surface area contributed by atoms with Gasteiger partial charge in [0.25, 0.3) is 0 Å². The third-order valence-corrected chi connectivity index (χ3v) is 3.09. The minimum atomic E-state index is 1.22. The first kappa shape index (κ1) is 13.3. The van der Waals surface area contributed by atoms with Crippen LogP contribution in [0.15, 0.2) is 12.1 Å². The summed E-state index contributed by atoms with van der Waals surface area (Å²) in [5.74, 6) is 0. The first-order valence-corrected chi connectivity index (χ1v) is 6.78. The van der Waals surface area contributed by atoms with Crippen molar-refractivity contribution in [2.24, 2.45) is 0 Å². The molecule has 16 heavy (non-hydrogen) atoms. The maximum absolute atomic E-state index is 3.09. The molecule has 1 aromatic carbocycles. The Labute approximate surface area is 101 Å². The molecule has 0 aromatic heterocycles. The van der Waals surface area contributed by atoms with E-state index in [-0.39, 0.29) is 0 Å². The van der Waals surface area contributed by atoms with Gasteiger partial charge in [-0.3, -0.25) is 0 Å². The van der Waals surface area contributed by atoms with Crippen LogP contribution in [0.3, 0.4) is 0 Å². The van der Waals surface area contributed by atoms with Crippen molar-refractivity contribution in [3.8, 4) is 0 Å². The highest BCUT2D eigenvalue weighted by Crippen LogP contribution is 2.15. The van der Waals surface area contributed by atoms with Gasteiger partial charge >= 0.3 is 0 Å². The predicted molar refractivity (Wildman–Crippen MR) is 70.6 cm³/mol. The van der Waals surface area contributed by atoms with Crippen LogP contribution in [-0.4, -0.2) is 0 Å². The number of rotatable bonds is 8. The zero-order chi connectivity index (χ0) is 11.6. The number of unbranched alkanes of at least 4 members (excludes halogenated alkanes) is 4. The summed E-state index contributed by atoms with van der Waals surface area (Å²) in [7, 11) is 0. The molecular weight excluding hydrogens is 192 g/mol. The van der Waals surface area contributed by atoms with Gasteiger partial charge in [-0.1, -0.05) is 51.7 Å². The standard InChI is InChI=1S/C16H24/c1-3-5-7-11-15-13-9-10-14-16(15)12-8-6-4-2/h13-14H,3-8,11-12H2,1-2H3. The van der Waals surface area contributed by atoms with E-state index in [1.165, 1.54) is 62.5 Å². The van der Waals surface area contributed by atoms with Crippen molar-refractivity contribution < 1.29 is 0 Å². The molecule has 0 unspecified atom stereocenters. The molecule has 88 valence electrons. The van der Waals surface area contributed by atoms with E-state index in [0.29, 0.717) is 0 Å². The quantitative estimate of drug-likeness (QED) is 0.550. The first-order valence-electron chi connectivity index (χ1n) is 6.78. The van der Waals surface area contributed by atoms with Crippen LogP contribution in [0, 0.1) is 12.1 Å². The Kier molecular flexibility index (Phi) is 6.96. The van der Waals surface area contributed by atoms with Gasteiger partial charge in [-0.15, -0.1) is 0 Å². The predicted octanol–water partition coefficient (Wildman–Crippen LogP) is 4.75. The molecule has 0 amide bonds. The van der Waals surface area contributed by atoms with Crippen LogP contribution in [0.1, 0.15) is 63.5 Å². The summed E-state index contributed by atoms with van der Waals surface area (Å²) in [6.07, 6.45) is 10.4. The molecule has 2 radical (unpaired) electrons. The molecule has 0 aliphatic heterocycles. The van der Waals surface area contributed by atoms with Gasteiger partial charge in [-0.05, 0) is 48.9 Å². The van der Waals surface area contributed by atoms with Crippen LogP contribution in [0.4, 0.5) is 0 Å². The molecule has 0 heteroatoms. The van der Waals surface area contributed by atoms with Crippen molar-refractivity contribution >= 4 is 0 Å². The van der Waals surface area contributed by atoms with Gasteiger partial charge < -0.3 is 0 Å². The van der Waals surface area contributed by atoms with Gasteiger partial charge in [0, 0.05) is 0 Å². The molecule has 0 bridgehead atoms. The number of benzene rings is 1. The summed E-state index contributed by atoms with van der Waals surface area (Å²) < 4.78 is 0. The topological polar surface area (TPSA) is 0 Å². The van der Waals surface area contributed by atoms with Gasteiger partial charge in [-0.2, -0.15) is 0 Å². The summed E-state index contributed by atoms with van der Waals surface area (Å²) >= 11 is 0. The molecule has 0 nitrogen and oxygen atoms in total. The first-order chi connectivity index (χ1) is 7.88. The van der Waals surface area contributed by atoms with Crippen molar-refractivity contribution in [1.82, 2.24) is 0 Å². The fourth-order valence-electron chi connectivity index (χ4n) is 2.04. The van der Waals surface area contributed by atoms with Crippen LogP contribution < -0.4 is 0 Å². The molecule has 0 fully saturated rings. The minimum absolute atomic E-state index is 1.22. The molecule has 1 rings (SSSR count). The molecule has 1 aromatic rings. The Hall–Kier alpha value is -0.780. The van der Waals surface area contributed by atoms with Crippen LogP contribution in [0.25, 0.3) is 0 Å². The molecular formula is C16H24. The zero-order valence-corrected chi connectivity index (χ0v) is 10.8. The fourth-order valence-corrected chi connectivity index (χ4v) is 2.04. The van der Waals surface area contributed by atoms with Gasteiger partial charge in [0.2, 0.25) is 0 Å². The Morgan fingerprint density at radius 2 is 1.19 bits per heavy atom. The van der Waals surface area contributed by atoms with Crippen molar-refractivity contribution in [2.45, 2.75) is 65.2 Å². The highest BCUT2D eigenvalue weighted by Gasteiger charge is 2.01. The summed E-state index contributed by atoms with van der Waals surface area (Å²) in [4.78, 5) is 0. The highest BCUT2D eigenvalue weighted by molar-refractivity contribution is 5.26. The molecule has 0 atom stereocenters. The molecule has 0 saturated heterocycles. The largest absolute Gasteiger partial charge is 0.0654 e. The third kappa shape index (κ3) is 4.83. The van der Waals surface area contributed by atoms with E-state index < -0.39 is 0 Å². The number of hydrogen-bond acceptors (Lipinski definition) is 0. The van der Waals surface area contributed by atoms with Crippen LogP contribution in [-0.2, 0) is 12.8 Å². The summed E-state index contributed by atoms with van der Waals surface area (Å²) in [5, 5.41) is 0. The van der Waals surface area contributed by atoms with Gasteiger partial charge in [-0.25, -0.2) is 0 Å². The minimum Gasteiger partial charge on any atom is -0.0654 e. The lowest BCUT2D eigenvalue weighted by molar-refractivity contribution is 0.693. The van der Waals surface area contributed by atoms with Crippen molar-refractivity contribution in [1.29, 1.82) is 0 Å². The van der Waals surface area contributed by atoms with Crippen LogP contribution in [0.5, 0.6) is 0 Å². The van der Waals surface area contributed by atoms with E-state index in [0.717, 1.165) is 0 Å². The molecule has 0 aliphatic carbocycles. The fraction of sp³-hybridized carbons (Fsp3) is 0.625. The second kappa shape index (κ2) is 8.38. The van der Waals surface area contributed by atoms with Crippen LogP contribution >= 0.6 is 0 Å². The second-order valence-electron chi connectivity index (χ2n) is 4.54. The van der Waals surface area contributed by atoms with E-state index in [9.17, 15) is 0 Å². The van der Waals surface area contributed by atoms with E-state index in [1.807, 2.05) is 0 Å². The normalized spacial score (nSPS) is 10.6. The van der Waals surface area contributed by atoms with Crippen molar-refractivity contribution in [3.05, 3.63) is 35.4 Å². The Morgan fingerprint density at radius 3 is 1.56 bits per heavy atom.